The Bertz CT molecular complexity index is 915. The lowest BCUT2D eigenvalue weighted by molar-refractivity contribution is 0.0746. The molecule has 0 unspecified atom stereocenters. The standard InChI is InChI=1S/C18H20N6OS/c1-22(2)16-5-6-17(21-20-16)23-7-9-24(10-8-23)18(25)13-3-4-14-15(11-13)26-12-19-14/h3-6,11-12H,7-10H2,1-2H3. The number of carbonyl (C=O) groups is 1. The fourth-order valence-corrected chi connectivity index (χ4v) is 3.75. The Labute approximate surface area is 155 Å². The molecule has 1 fully saturated rings. The topological polar surface area (TPSA) is 65.5 Å². The van der Waals surface area contributed by atoms with Crippen LogP contribution in [0.3, 0.4) is 0 Å². The van der Waals surface area contributed by atoms with Gasteiger partial charge in [-0.05, 0) is 30.3 Å². The van der Waals surface area contributed by atoms with Crippen molar-refractivity contribution in [2.75, 3.05) is 50.1 Å². The Kier molecular flexibility index (Phi) is 4.42. The molecular weight excluding hydrogens is 348 g/mol. The Morgan fingerprint density at radius 2 is 1.88 bits per heavy atom. The summed E-state index contributed by atoms with van der Waals surface area (Å²) in [6.45, 7) is 2.86. The highest BCUT2D eigenvalue weighted by atomic mass is 32.1. The maximum absolute atomic E-state index is 12.8. The molecule has 0 saturated carbocycles. The highest BCUT2D eigenvalue weighted by Crippen LogP contribution is 2.21. The van der Waals surface area contributed by atoms with Crippen molar-refractivity contribution in [2.24, 2.45) is 0 Å². The number of benzene rings is 1. The van der Waals surface area contributed by atoms with Gasteiger partial charge in [-0.15, -0.1) is 21.5 Å². The zero-order valence-electron chi connectivity index (χ0n) is 14.8. The summed E-state index contributed by atoms with van der Waals surface area (Å²) in [5, 5.41) is 8.53. The van der Waals surface area contributed by atoms with Gasteiger partial charge in [0, 0.05) is 45.8 Å². The number of carbonyl (C=O) groups excluding carboxylic acids is 1. The lowest BCUT2D eigenvalue weighted by Gasteiger charge is -2.35. The molecule has 1 aliphatic heterocycles. The van der Waals surface area contributed by atoms with E-state index >= 15 is 0 Å². The van der Waals surface area contributed by atoms with Gasteiger partial charge in [0.2, 0.25) is 0 Å². The van der Waals surface area contributed by atoms with E-state index in [1.54, 1.807) is 16.8 Å². The minimum Gasteiger partial charge on any atom is -0.361 e. The molecule has 3 aromatic rings. The Hall–Kier alpha value is -2.74. The van der Waals surface area contributed by atoms with E-state index in [9.17, 15) is 4.79 Å². The van der Waals surface area contributed by atoms with E-state index in [4.69, 9.17) is 0 Å². The summed E-state index contributed by atoms with van der Waals surface area (Å²) in [6, 6.07) is 9.66. The summed E-state index contributed by atoms with van der Waals surface area (Å²) in [4.78, 5) is 23.0. The van der Waals surface area contributed by atoms with Crippen LogP contribution >= 0.6 is 11.3 Å². The third-order valence-electron chi connectivity index (χ3n) is 4.56. The van der Waals surface area contributed by atoms with E-state index in [-0.39, 0.29) is 5.91 Å². The van der Waals surface area contributed by atoms with Gasteiger partial charge >= 0.3 is 0 Å². The number of rotatable bonds is 3. The van der Waals surface area contributed by atoms with Gasteiger partial charge in [-0.1, -0.05) is 0 Å². The second kappa shape index (κ2) is 6.87. The van der Waals surface area contributed by atoms with E-state index in [0.29, 0.717) is 13.1 Å². The summed E-state index contributed by atoms with van der Waals surface area (Å²) in [5.74, 6) is 1.77. The summed E-state index contributed by atoms with van der Waals surface area (Å²) >= 11 is 1.56. The average molecular weight is 368 g/mol. The lowest BCUT2D eigenvalue weighted by atomic mass is 10.1. The summed E-state index contributed by atoms with van der Waals surface area (Å²) < 4.78 is 1.05. The van der Waals surface area contributed by atoms with Crippen molar-refractivity contribution in [3.8, 4) is 0 Å². The number of aromatic nitrogens is 3. The quantitative estimate of drug-likeness (QED) is 0.706. The maximum atomic E-state index is 12.8. The van der Waals surface area contributed by atoms with Gasteiger partial charge in [0.25, 0.3) is 5.91 Å². The number of hydrogen-bond acceptors (Lipinski definition) is 7. The number of thiazole rings is 1. The molecule has 0 aliphatic carbocycles. The van der Waals surface area contributed by atoms with Crippen molar-refractivity contribution < 1.29 is 4.79 Å². The molecule has 4 rings (SSSR count). The molecule has 2 aromatic heterocycles. The predicted molar refractivity (Wildman–Crippen MR) is 104 cm³/mol. The third-order valence-corrected chi connectivity index (χ3v) is 5.36. The molecule has 0 N–H and O–H groups in total. The minimum atomic E-state index is 0.0778. The number of nitrogens with zero attached hydrogens (tertiary/aromatic N) is 6. The monoisotopic (exact) mass is 368 g/mol. The van der Waals surface area contributed by atoms with Crippen LogP contribution in [0.1, 0.15) is 10.4 Å². The van der Waals surface area contributed by atoms with Crippen LogP contribution in [0.2, 0.25) is 0 Å². The van der Waals surface area contributed by atoms with Crippen molar-refractivity contribution in [2.45, 2.75) is 0 Å². The Morgan fingerprint density at radius 1 is 1.08 bits per heavy atom. The molecule has 7 nitrogen and oxygen atoms in total. The van der Waals surface area contributed by atoms with Gasteiger partial charge in [-0.2, -0.15) is 0 Å². The van der Waals surface area contributed by atoms with Crippen LogP contribution in [0.15, 0.2) is 35.8 Å². The van der Waals surface area contributed by atoms with Crippen LogP contribution in [-0.2, 0) is 0 Å². The number of hydrogen-bond donors (Lipinski definition) is 0. The van der Waals surface area contributed by atoms with E-state index < -0.39 is 0 Å². The zero-order chi connectivity index (χ0) is 18.1. The fraction of sp³-hybridized carbons (Fsp3) is 0.333. The normalized spacial score (nSPS) is 14.7. The Balaban J connectivity index is 1.41. The SMILES string of the molecule is CN(C)c1ccc(N2CCN(C(=O)c3ccc4ncsc4c3)CC2)nn1. The van der Waals surface area contributed by atoms with E-state index in [1.165, 1.54) is 0 Å². The maximum Gasteiger partial charge on any atom is 0.254 e. The van der Waals surface area contributed by atoms with Crippen molar-refractivity contribution >= 4 is 39.1 Å². The van der Waals surface area contributed by atoms with Crippen LogP contribution < -0.4 is 9.80 Å². The second-order valence-electron chi connectivity index (χ2n) is 6.46. The zero-order valence-corrected chi connectivity index (χ0v) is 15.6. The highest BCUT2D eigenvalue weighted by Gasteiger charge is 2.23. The van der Waals surface area contributed by atoms with Gasteiger partial charge in [0.1, 0.15) is 0 Å². The first-order chi connectivity index (χ1) is 12.6. The first-order valence-electron chi connectivity index (χ1n) is 8.50. The lowest BCUT2D eigenvalue weighted by Crippen LogP contribution is -2.49. The molecule has 0 bridgehead atoms. The van der Waals surface area contributed by atoms with Crippen molar-refractivity contribution in [1.82, 2.24) is 20.1 Å². The van der Waals surface area contributed by atoms with Crippen LogP contribution in [0.4, 0.5) is 11.6 Å². The smallest absolute Gasteiger partial charge is 0.254 e. The molecule has 0 atom stereocenters. The summed E-state index contributed by atoms with van der Waals surface area (Å²) in [5.41, 5.74) is 3.47. The molecular formula is C18H20N6OS. The highest BCUT2D eigenvalue weighted by molar-refractivity contribution is 7.16. The fourth-order valence-electron chi connectivity index (χ4n) is 3.03. The first kappa shape index (κ1) is 16.7. The number of fused-ring (bicyclic) bond motifs is 1. The van der Waals surface area contributed by atoms with Gasteiger partial charge in [-0.3, -0.25) is 4.79 Å². The molecule has 0 spiro atoms. The average Bonchev–Trinajstić information content (AvgIpc) is 3.15. The van der Waals surface area contributed by atoms with Crippen LogP contribution in [0.25, 0.3) is 10.2 Å². The van der Waals surface area contributed by atoms with Gasteiger partial charge < -0.3 is 14.7 Å². The minimum absolute atomic E-state index is 0.0778. The number of anilines is 2. The van der Waals surface area contributed by atoms with E-state index in [0.717, 1.165) is 40.5 Å². The molecule has 0 radical (unpaired) electrons. The molecule has 1 saturated heterocycles. The number of piperazine rings is 1. The number of amides is 1. The molecule has 3 heterocycles. The largest absolute Gasteiger partial charge is 0.361 e. The third kappa shape index (κ3) is 3.20. The molecule has 1 aliphatic rings. The van der Waals surface area contributed by atoms with Crippen LogP contribution in [0.5, 0.6) is 0 Å². The second-order valence-corrected chi connectivity index (χ2v) is 7.34. The van der Waals surface area contributed by atoms with E-state index in [2.05, 4.69) is 20.1 Å². The van der Waals surface area contributed by atoms with Crippen molar-refractivity contribution in [1.29, 1.82) is 0 Å². The van der Waals surface area contributed by atoms with Crippen LogP contribution in [0, 0.1) is 0 Å². The molecule has 8 heteroatoms. The first-order valence-corrected chi connectivity index (χ1v) is 9.38. The van der Waals surface area contributed by atoms with Gasteiger partial charge in [-0.25, -0.2) is 4.98 Å². The molecule has 1 amide bonds. The Morgan fingerprint density at radius 3 is 2.58 bits per heavy atom. The molecule has 26 heavy (non-hydrogen) atoms. The summed E-state index contributed by atoms with van der Waals surface area (Å²) in [7, 11) is 3.88. The molecule has 1 aromatic carbocycles. The predicted octanol–water partition coefficient (Wildman–Crippen LogP) is 2.11. The van der Waals surface area contributed by atoms with Crippen molar-refractivity contribution in [3.05, 3.63) is 41.4 Å². The van der Waals surface area contributed by atoms with Crippen LogP contribution in [-0.4, -0.2) is 66.3 Å². The van der Waals surface area contributed by atoms with Crippen molar-refractivity contribution in [3.63, 3.8) is 0 Å². The van der Waals surface area contributed by atoms with Gasteiger partial charge in [0.15, 0.2) is 11.6 Å². The molecule has 134 valence electrons. The van der Waals surface area contributed by atoms with Gasteiger partial charge in [0.05, 0.1) is 15.7 Å². The summed E-state index contributed by atoms with van der Waals surface area (Å²) in [6.07, 6.45) is 0. The van der Waals surface area contributed by atoms with E-state index in [1.807, 2.05) is 54.2 Å².